The SMILES string of the molecule is Nc1ccc(Cl)nc1N1CCCC1c1ccccc1. The Hall–Kier alpha value is -1.74. The molecule has 0 radical (unpaired) electrons. The van der Waals surface area contributed by atoms with E-state index in [9.17, 15) is 0 Å². The van der Waals surface area contributed by atoms with E-state index in [1.807, 2.05) is 12.1 Å². The van der Waals surface area contributed by atoms with Crippen LogP contribution in [0.5, 0.6) is 0 Å². The van der Waals surface area contributed by atoms with Crippen molar-refractivity contribution in [3.63, 3.8) is 0 Å². The molecule has 1 aliphatic heterocycles. The maximum absolute atomic E-state index is 6.05. The van der Waals surface area contributed by atoms with Gasteiger partial charge in [0.05, 0.1) is 11.7 Å². The summed E-state index contributed by atoms with van der Waals surface area (Å²) in [5.74, 6) is 0.804. The first-order chi connectivity index (χ1) is 9.25. The van der Waals surface area contributed by atoms with Crippen molar-refractivity contribution in [3.05, 3.63) is 53.2 Å². The molecular weight excluding hydrogens is 258 g/mol. The Kier molecular flexibility index (Phi) is 3.30. The molecule has 3 nitrogen and oxygen atoms in total. The number of pyridine rings is 1. The van der Waals surface area contributed by atoms with Crippen molar-refractivity contribution in [3.8, 4) is 0 Å². The lowest BCUT2D eigenvalue weighted by atomic mass is 10.0. The van der Waals surface area contributed by atoms with Crippen molar-refractivity contribution in [1.82, 2.24) is 4.98 Å². The van der Waals surface area contributed by atoms with Crippen LogP contribution < -0.4 is 10.6 Å². The van der Waals surface area contributed by atoms with E-state index in [1.165, 1.54) is 5.56 Å². The van der Waals surface area contributed by atoms with Crippen molar-refractivity contribution >= 4 is 23.1 Å². The fourth-order valence-corrected chi connectivity index (χ4v) is 2.85. The lowest BCUT2D eigenvalue weighted by Gasteiger charge is -2.27. The van der Waals surface area contributed by atoms with Gasteiger partial charge >= 0.3 is 0 Å². The molecule has 0 aliphatic carbocycles. The van der Waals surface area contributed by atoms with Crippen LogP contribution in [-0.2, 0) is 0 Å². The zero-order valence-electron chi connectivity index (χ0n) is 10.6. The number of nitrogen functional groups attached to an aromatic ring is 1. The van der Waals surface area contributed by atoms with Crippen LogP contribution in [-0.4, -0.2) is 11.5 Å². The van der Waals surface area contributed by atoms with E-state index < -0.39 is 0 Å². The summed E-state index contributed by atoms with van der Waals surface area (Å²) in [4.78, 5) is 6.66. The minimum atomic E-state index is 0.342. The third kappa shape index (κ3) is 2.38. The Morgan fingerprint density at radius 1 is 1.16 bits per heavy atom. The van der Waals surface area contributed by atoms with Gasteiger partial charge in [-0.1, -0.05) is 41.9 Å². The summed E-state index contributed by atoms with van der Waals surface area (Å²) < 4.78 is 0. The molecule has 1 fully saturated rings. The van der Waals surface area contributed by atoms with Crippen LogP contribution in [0.2, 0.25) is 5.15 Å². The van der Waals surface area contributed by atoms with Crippen molar-refractivity contribution in [2.24, 2.45) is 0 Å². The molecule has 0 amide bonds. The predicted molar refractivity (Wildman–Crippen MR) is 79.4 cm³/mol. The molecule has 1 atom stereocenters. The number of rotatable bonds is 2. The minimum Gasteiger partial charge on any atom is -0.396 e. The molecule has 98 valence electrons. The molecule has 4 heteroatoms. The molecule has 0 spiro atoms. The van der Waals surface area contributed by atoms with Crippen LogP contribution >= 0.6 is 11.6 Å². The van der Waals surface area contributed by atoms with Gasteiger partial charge in [-0.15, -0.1) is 0 Å². The maximum atomic E-state index is 6.05. The molecule has 1 unspecified atom stereocenters. The van der Waals surface area contributed by atoms with E-state index in [-0.39, 0.29) is 0 Å². The van der Waals surface area contributed by atoms with Crippen molar-refractivity contribution in [2.45, 2.75) is 18.9 Å². The number of benzene rings is 1. The zero-order valence-corrected chi connectivity index (χ0v) is 11.3. The normalized spacial score (nSPS) is 18.8. The summed E-state index contributed by atoms with van der Waals surface area (Å²) in [6.07, 6.45) is 2.27. The van der Waals surface area contributed by atoms with Crippen LogP contribution in [0, 0.1) is 0 Å². The molecule has 1 saturated heterocycles. The number of hydrogen-bond donors (Lipinski definition) is 1. The van der Waals surface area contributed by atoms with Crippen molar-refractivity contribution in [2.75, 3.05) is 17.2 Å². The van der Waals surface area contributed by atoms with Crippen LogP contribution in [0.15, 0.2) is 42.5 Å². The lowest BCUT2D eigenvalue weighted by molar-refractivity contribution is 0.712. The van der Waals surface area contributed by atoms with Gasteiger partial charge in [-0.05, 0) is 30.5 Å². The quantitative estimate of drug-likeness (QED) is 0.849. The summed E-state index contributed by atoms with van der Waals surface area (Å²) in [5, 5.41) is 0.489. The molecule has 2 aromatic rings. The second kappa shape index (κ2) is 5.10. The second-order valence-electron chi connectivity index (χ2n) is 4.81. The third-order valence-electron chi connectivity index (χ3n) is 3.58. The van der Waals surface area contributed by atoms with Gasteiger partial charge in [-0.2, -0.15) is 0 Å². The van der Waals surface area contributed by atoms with Crippen LogP contribution in [0.25, 0.3) is 0 Å². The predicted octanol–water partition coefficient (Wildman–Crippen LogP) is 3.66. The van der Waals surface area contributed by atoms with Gasteiger partial charge in [-0.3, -0.25) is 0 Å². The fourth-order valence-electron chi connectivity index (χ4n) is 2.71. The number of nitrogens with two attached hydrogens (primary N) is 1. The van der Waals surface area contributed by atoms with Gasteiger partial charge in [-0.25, -0.2) is 4.98 Å². The summed E-state index contributed by atoms with van der Waals surface area (Å²) in [7, 11) is 0. The third-order valence-corrected chi connectivity index (χ3v) is 3.79. The second-order valence-corrected chi connectivity index (χ2v) is 5.20. The van der Waals surface area contributed by atoms with Gasteiger partial charge in [0.2, 0.25) is 0 Å². The highest BCUT2D eigenvalue weighted by Gasteiger charge is 2.28. The number of anilines is 2. The Bertz CT molecular complexity index is 571. The molecule has 0 saturated carbocycles. The number of nitrogens with zero attached hydrogens (tertiary/aromatic N) is 2. The first kappa shape index (κ1) is 12.3. The molecule has 0 bridgehead atoms. The van der Waals surface area contributed by atoms with E-state index in [1.54, 1.807) is 6.07 Å². The van der Waals surface area contributed by atoms with Crippen LogP contribution in [0.4, 0.5) is 11.5 Å². The highest BCUT2D eigenvalue weighted by atomic mass is 35.5. The average Bonchev–Trinajstić information content (AvgIpc) is 2.91. The summed E-state index contributed by atoms with van der Waals surface area (Å²) in [5.41, 5.74) is 8.04. The Balaban J connectivity index is 1.97. The van der Waals surface area contributed by atoms with E-state index in [0.29, 0.717) is 16.9 Å². The van der Waals surface area contributed by atoms with Gasteiger partial charge in [0.1, 0.15) is 5.15 Å². The van der Waals surface area contributed by atoms with Crippen molar-refractivity contribution in [1.29, 1.82) is 0 Å². The number of halogens is 1. The first-order valence-corrected chi connectivity index (χ1v) is 6.87. The Labute approximate surface area is 118 Å². The highest BCUT2D eigenvalue weighted by molar-refractivity contribution is 6.29. The molecule has 2 heterocycles. The molecule has 1 aliphatic rings. The average molecular weight is 274 g/mol. The number of aromatic nitrogens is 1. The van der Waals surface area contributed by atoms with Gasteiger partial charge in [0.15, 0.2) is 5.82 Å². The van der Waals surface area contributed by atoms with E-state index in [4.69, 9.17) is 17.3 Å². The van der Waals surface area contributed by atoms with Crippen molar-refractivity contribution < 1.29 is 0 Å². The van der Waals surface area contributed by atoms with Gasteiger partial charge in [0.25, 0.3) is 0 Å². The molecule has 1 aromatic carbocycles. The molecular formula is C15H16ClN3. The highest BCUT2D eigenvalue weighted by Crippen LogP contribution is 2.37. The molecule has 1 aromatic heterocycles. The molecule has 19 heavy (non-hydrogen) atoms. The first-order valence-electron chi connectivity index (χ1n) is 6.49. The zero-order chi connectivity index (χ0) is 13.2. The Morgan fingerprint density at radius 2 is 1.95 bits per heavy atom. The summed E-state index contributed by atoms with van der Waals surface area (Å²) >= 11 is 6.00. The Morgan fingerprint density at radius 3 is 2.74 bits per heavy atom. The summed E-state index contributed by atoms with van der Waals surface area (Å²) in [6.45, 7) is 0.969. The van der Waals surface area contributed by atoms with E-state index >= 15 is 0 Å². The smallest absolute Gasteiger partial charge is 0.154 e. The summed E-state index contributed by atoms with van der Waals surface area (Å²) in [6, 6.07) is 14.4. The minimum absolute atomic E-state index is 0.342. The fraction of sp³-hybridized carbons (Fsp3) is 0.267. The molecule has 2 N–H and O–H groups in total. The number of hydrogen-bond acceptors (Lipinski definition) is 3. The standard InChI is InChI=1S/C15H16ClN3/c16-14-9-8-12(17)15(18-14)19-10-4-7-13(19)11-5-2-1-3-6-11/h1-3,5-6,8-9,13H,4,7,10,17H2. The maximum Gasteiger partial charge on any atom is 0.154 e. The van der Waals surface area contributed by atoms with E-state index in [0.717, 1.165) is 25.2 Å². The van der Waals surface area contributed by atoms with Crippen LogP contribution in [0.1, 0.15) is 24.4 Å². The monoisotopic (exact) mass is 273 g/mol. The van der Waals surface area contributed by atoms with E-state index in [2.05, 4.69) is 34.1 Å². The van der Waals surface area contributed by atoms with Crippen LogP contribution in [0.3, 0.4) is 0 Å². The largest absolute Gasteiger partial charge is 0.396 e. The topological polar surface area (TPSA) is 42.1 Å². The van der Waals surface area contributed by atoms with Gasteiger partial charge in [0, 0.05) is 6.54 Å². The molecule has 3 rings (SSSR count). The van der Waals surface area contributed by atoms with Gasteiger partial charge < -0.3 is 10.6 Å². The lowest BCUT2D eigenvalue weighted by Crippen LogP contribution is -2.24.